The first-order valence-electron chi connectivity index (χ1n) is 10.4. The fourth-order valence-electron chi connectivity index (χ4n) is 3.27. The van der Waals surface area contributed by atoms with Gasteiger partial charge < -0.3 is 15.4 Å². The van der Waals surface area contributed by atoms with Crippen LogP contribution in [-0.4, -0.2) is 41.2 Å². The second-order valence-corrected chi connectivity index (χ2v) is 7.67. The maximum absolute atomic E-state index is 13.3. The standard InChI is InChI=1S/C24H25FN4O4/c1-15(2)23-20(13-27-29(23)19-10-6-17(25)7-11-19)24(32)28-18-8-4-16(5-9-18)12-21(30)26-14-22(31)33-3/h4-11,13,15H,12,14H2,1-3H3,(H,26,30)(H,28,32). The Labute approximate surface area is 190 Å². The molecule has 1 heterocycles. The summed E-state index contributed by atoms with van der Waals surface area (Å²) < 4.78 is 19.4. The first-order chi connectivity index (χ1) is 15.8. The van der Waals surface area contributed by atoms with Gasteiger partial charge in [-0.2, -0.15) is 5.10 Å². The van der Waals surface area contributed by atoms with Crippen molar-refractivity contribution in [2.24, 2.45) is 0 Å². The van der Waals surface area contributed by atoms with Crippen LogP contribution >= 0.6 is 0 Å². The Hall–Kier alpha value is -4.01. The molecule has 3 rings (SSSR count). The Morgan fingerprint density at radius 2 is 1.73 bits per heavy atom. The van der Waals surface area contributed by atoms with Gasteiger partial charge in [-0.05, 0) is 47.9 Å². The fraction of sp³-hybridized carbons (Fsp3) is 0.250. The van der Waals surface area contributed by atoms with Crippen LogP contribution in [0.15, 0.2) is 54.7 Å². The number of amides is 2. The van der Waals surface area contributed by atoms with E-state index in [1.165, 1.54) is 25.4 Å². The van der Waals surface area contributed by atoms with Crippen molar-refractivity contribution >= 4 is 23.5 Å². The van der Waals surface area contributed by atoms with Gasteiger partial charge in [0.15, 0.2) is 0 Å². The van der Waals surface area contributed by atoms with Gasteiger partial charge in [-0.3, -0.25) is 14.4 Å². The number of ether oxygens (including phenoxy) is 1. The SMILES string of the molecule is COC(=O)CNC(=O)Cc1ccc(NC(=O)c2cnn(-c3ccc(F)cc3)c2C(C)C)cc1. The van der Waals surface area contributed by atoms with Crippen LogP contribution in [-0.2, 0) is 20.7 Å². The van der Waals surface area contributed by atoms with Crippen LogP contribution in [0.25, 0.3) is 5.69 Å². The monoisotopic (exact) mass is 452 g/mol. The molecular weight excluding hydrogens is 427 g/mol. The zero-order valence-electron chi connectivity index (χ0n) is 18.6. The minimum atomic E-state index is -0.523. The van der Waals surface area contributed by atoms with Crippen LogP contribution in [0.2, 0.25) is 0 Å². The van der Waals surface area contributed by atoms with E-state index in [2.05, 4.69) is 20.5 Å². The molecule has 0 bridgehead atoms. The zero-order valence-corrected chi connectivity index (χ0v) is 18.6. The number of carbonyl (C=O) groups is 3. The molecule has 33 heavy (non-hydrogen) atoms. The number of esters is 1. The molecule has 0 spiro atoms. The first-order valence-corrected chi connectivity index (χ1v) is 10.4. The highest BCUT2D eigenvalue weighted by Gasteiger charge is 2.21. The van der Waals surface area contributed by atoms with Crippen molar-refractivity contribution in [3.63, 3.8) is 0 Å². The molecule has 8 nitrogen and oxygen atoms in total. The summed E-state index contributed by atoms with van der Waals surface area (Å²) in [7, 11) is 1.25. The van der Waals surface area contributed by atoms with Crippen molar-refractivity contribution in [1.82, 2.24) is 15.1 Å². The van der Waals surface area contributed by atoms with Crippen molar-refractivity contribution in [2.75, 3.05) is 19.0 Å². The Morgan fingerprint density at radius 1 is 1.06 bits per heavy atom. The highest BCUT2D eigenvalue weighted by molar-refractivity contribution is 6.05. The van der Waals surface area contributed by atoms with Gasteiger partial charge in [0.05, 0.1) is 36.7 Å². The highest BCUT2D eigenvalue weighted by atomic mass is 19.1. The molecule has 0 aliphatic rings. The molecule has 0 atom stereocenters. The predicted molar refractivity (Wildman–Crippen MR) is 121 cm³/mol. The molecule has 3 aromatic rings. The molecular formula is C24H25FN4O4. The lowest BCUT2D eigenvalue weighted by Crippen LogP contribution is -2.31. The molecule has 0 unspecified atom stereocenters. The van der Waals surface area contributed by atoms with E-state index in [0.29, 0.717) is 22.6 Å². The summed E-state index contributed by atoms with van der Waals surface area (Å²) in [5, 5.41) is 9.65. The number of nitrogens with one attached hydrogen (secondary N) is 2. The average molecular weight is 452 g/mol. The largest absolute Gasteiger partial charge is 0.468 e. The molecule has 0 fully saturated rings. The van der Waals surface area contributed by atoms with E-state index < -0.39 is 5.97 Å². The second kappa shape index (κ2) is 10.5. The molecule has 0 aliphatic carbocycles. The number of benzene rings is 2. The summed E-state index contributed by atoms with van der Waals surface area (Å²) in [6.45, 7) is 3.72. The molecule has 9 heteroatoms. The number of halogens is 1. The zero-order chi connectivity index (χ0) is 24.0. The molecule has 1 aromatic heterocycles. The van der Waals surface area contributed by atoms with Crippen molar-refractivity contribution in [1.29, 1.82) is 0 Å². The van der Waals surface area contributed by atoms with Gasteiger partial charge in [0.25, 0.3) is 5.91 Å². The molecule has 172 valence electrons. The van der Waals surface area contributed by atoms with Gasteiger partial charge in [-0.15, -0.1) is 0 Å². The van der Waals surface area contributed by atoms with Gasteiger partial charge in [-0.1, -0.05) is 26.0 Å². The molecule has 2 aromatic carbocycles. The number of anilines is 1. The lowest BCUT2D eigenvalue weighted by molar-refractivity contribution is -0.141. The van der Waals surface area contributed by atoms with Crippen molar-refractivity contribution < 1.29 is 23.5 Å². The minimum absolute atomic E-state index is 0.0100. The quantitative estimate of drug-likeness (QED) is 0.511. The predicted octanol–water partition coefficient (Wildman–Crippen LogP) is 3.22. The molecule has 2 amide bonds. The van der Waals surface area contributed by atoms with Gasteiger partial charge in [0.1, 0.15) is 12.4 Å². The number of aromatic nitrogens is 2. The molecule has 2 N–H and O–H groups in total. The van der Waals surface area contributed by atoms with Crippen molar-refractivity contribution in [3.05, 3.63) is 77.4 Å². The van der Waals surface area contributed by atoms with E-state index in [4.69, 9.17) is 0 Å². The Bertz CT molecular complexity index is 1140. The average Bonchev–Trinajstić information content (AvgIpc) is 3.25. The second-order valence-electron chi connectivity index (χ2n) is 7.67. The first kappa shape index (κ1) is 23.6. The van der Waals surface area contributed by atoms with Crippen molar-refractivity contribution in [3.8, 4) is 5.69 Å². The van der Waals surface area contributed by atoms with E-state index in [1.54, 1.807) is 41.1 Å². The minimum Gasteiger partial charge on any atom is -0.468 e. The lowest BCUT2D eigenvalue weighted by Gasteiger charge is -2.13. The van der Waals surface area contributed by atoms with E-state index in [9.17, 15) is 18.8 Å². The number of nitrogens with zero attached hydrogens (tertiary/aromatic N) is 2. The Kier molecular flexibility index (Phi) is 7.55. The molecule has 0 saturated heterocycles. The van der Waals surface area contributed by atoms with E-state index in [-0.39, 0.29) is 36.5 Å². The van der Waals surface area contributed by atoms with E-state index in [1.807, 2.05) is 13.8 Å². The van der Waals surface area contributed by atoms with Gasteiger partial charge >= 0.3 is 5.97 Å². The number of methoxy groups -OCH3 is 1. The number of hydrogen-bond donors (Lipinski definition) is 2. The Morgan fingerprint density at radius 3 is 2.33 bits per heavy atom. The normalized spacial score (nSPS) is 10.7. The van der Waals surface area contributed by atoms with E-state index >= 15 is 0 Å². The molecule has 0 radical (unpaired) electrons. The maximum Gasteiger partial charge on any atom is 0.325 e. The number of carbonyl (C=O) groups excluding carboxylic acids is 3. The van der Waals surface area contributed by atoms with Gasteiger partial charge in [0.2, 0.25) is 5.91 Å². The third-order valence-electron chi connectivity index (χ3n) is 4.90. The summed E-state index contributed by atoms with van der Waals surface area (Å²) in [4.78, 5) is 35.9. The van der Waals surface area contributed by atoms with Crippen LogP contribution in [0.5, 0.6) is 0 Å². The molecule has 0 aliphatic heterocycles. The van der Waals surface area contributed by atoms with Gasteiger partial charge in [0, 0.05) is 5.69 Å². The van der Waals surface area contributed by atoms with Crippen LogP contribution in [0.4, 0.5) is 10.1 Å². The van der Waals surface area contributed by atoms with Crippen LogP contribution in [0, 0.1) is 5.82 Å². The Balaban J connectivity index is 1.69. The van der Waals surface area contributed by atoms with Gasteiger partial charge in [-0.25, -0.2) is 9.07 Å². The number of rotatable bonds is 8. The van der Waals surface area contributed by atoms with Crippen LogP contribution < -0.4 is 10.6 Å². The summed E-state index contributed by atoms with van der Waals surface area (Å²) in [6.07, 6.45) is 1.58. The maximum atomic E-state index is 13.3. The summed E-state index contributed by atoms with van der Waals surface area (Å²) in [6, 6.07) is 12.7. The lowest BCUT2D eigenvalue weighted by atomic mass is 10.0. The summed E-state index contributed by atoms with van der Waals surface area (Å²) >= 11 is 0. The van der Waals surface area contributed by atoms with E-state index in [0.717, 1.165) is 5.56 Å². The highest BCUT2D eigenvalue weighted by Crippen LogP contribution is 2.24. The molecule has 0 saturated carbocycles. The third-order valence-corrected chi connectivity index (χ3v) is 4.90. The third kappa shape index (κ3) is 6.03. The van der Waals surface area contributed by atoms with Crippen molar-refractivity contribution in [2.45, 2.75) is 26.2 Å². The summed E-state index contributed by atoms with van der Waals surface area (Å²) in [5.74, 6) is -1.52. The summed E-state index contributed by atoms with van der Waals surface area (Å²) in [5.41, 5.74) is 3.07. The topological polar surface area (TPSA) is 102 Å². The van der Waals surface area contributed by atoms with Crippen LogP contribution in [0.1, 0.15) is 41.4 Å². The van der Waals surface area contributed by atoms with Crippen LogP contribution in [0.3, 0.4) is 0 Å². The number of hydrogen-bond acceptors (Lipinski definition) is 5. The smallest absolute Gasteiger partial charge is 0.325 e. The fourth-order valence-corrected chi connectivity index (χ4v) is 3.27.